The van der Waals surface area contributed by atoms with Crippen molar-refractivity contribution in [3.8, 4) is 11.5 Å². The number of aryl methyl sites for hydroxylation is 1. The molecule has 1 atom stereocenters. The van der Waals surface area contributed by atoms with Crippen LogP contribution in [-0.4, -0.2) is 14.2 Å². The van der Waals surface area contributed by atoms with E-state index in [1.807, 2.05) is 31.2 Å². The average molecular weight is 309 g/mol. The van der Waals surface area contributed by atoms with E-state index >= 15 is 0 Å². The molecular formula is C17H18ClFO2. The zero-order valence-corrected chi connectivity index (χ0v) is 13.1. The first-order valence-corrected chi connectivity index (χ1v) is 7.19. The lowest BCUT2D eigenvalue weighted by atomic mass is 9.97. The Morgan fingerprint density at radius 1 is 1.05 bits per heavy atom. The molecule has 0 aliphatic rings. The van der Waals surface area contributed by atoms with Crippen molar-refractivity contribution in [1.29, 1.82) is 0 Å². The van der Waals surface area contributed by atoms with Crippen LogP contribution in [0.5, 0.6) is 11.5 Å². The number of alkyl halides is 1. The molecule has 0 spiro atoms. The van der Waals surface area contributed by atoms with Gasteiger partial charge in [-0.3, -0.25) is 0 Å². The lowest BCUT2D eigenvalue weighted by molar-refractivity contribution is 0.351. The predicted octanol–water partition coefficient (Wildman–Crippen LogP) is 4.73. The highest BCUT2D eigenvalue weighted by Gasteiger charge is 2.20. The number of rotatable bonds is 5. The smallest absolute Gasteiger partial charge is 0.163 e. The second-order valence-corrected chi connectivity index (χ2v) is 5.08. The molecule has 2 rings (SSSR count). The summed E-state index contributed by atoms with van der Waals surface area (Å²) in [7, 11) is 2.99. The van der Waals surface area contributed by atoms with Gasteiger partial charge in [-0.15, -0.1) is 11.6 Å². The van der Waals surface area contributed by atoms with Gasteiger partial charge in [0.15, 0.2) is 11.5 Å². The van der Waals surface area contributed by atoms with Crippen molar-refractivity contribution in [2.24, 2.45) is 0 Å². The highest BCUT2D eigenvalue weighted by molar-refractivity contribution is 6.22. The van der Waals surface area contributed by atoms with Crippen LogP contribution in [0.2, 0.25) is 0 Å². The maximum absolute atomic E-state index is 14.3. The lowest BCUT2D eigenvalue weighted by Gasteiger charge is -2.17. The van der Waals surface area contributed by atoms with Gasteiger partial charge < -0.3 is 9.47 Å². The van der Waals surface area contributed by atoms with Crippen molar-refractivity contribution in [1.82, 2.24) is 0 Å². The minimum absolute atomic E-state index is 0.353. The molecule has 0 saturated heterocycles. The van der Waals surface area contributed by atoms with Crippen LogP contribution in [0, 0.1) is 5.82 Å². The van der Waals surface area contributed by atoms with E-state index in [2.05, 4.69) is 0 Å². The monoisotopic (exact) mass is 308 g/mol. The molecule has 2 aromatic carbocycles. The summed E-state index contributed by atoms with van der Waals surface area (Å²) in [5.74, 6) is 0.415. The van der Waals surface area contributed by atoms with Gasteiger partial charge in [0.05, 0.1) is 19.6 Å². The van der Waals surface area contributed by atoms with E-state index in [0.29, 0.717) is 17.1 Å². The third-order valence-corrected chi connectivity index (χ3v) is 3.96. The minimum Gasteiger partial charge on any atom is -0.493 e. The van der Waals surface area contributed by atoms with Crippen LogP contribution in [0.25, 0.3) is 0 Å². The Hall–Kier alpha value is -1.74. The number of ether oxygens (including phenoxy) is 2. The number of methoxy groups -OCH3 is 2. The molecule has 0 aliphatic heterocycles. The summed E-state index contributed by atoms with van der Waals surface area (Å²) >= 11 is 6.51. The van der Waals surface area contributed by atoms with Crippen LogP contribution in [0.15, 0.2) is 36.4 Å². The van der Waals surface area contributed by atoms with Crippen LogP contribution in [0.4, 0.5) is 4.39 Å². The second kappa shape index (κ2) is 6.81. The van der Waals surface area contributed by atoms with E-state index in [1.54, 1.807) is 6.07 Å². The van der Waals surface area contributed by atoms with E-state index in [0.717, 1.165) is 17.5 Å². The molecule has 0 fully saturated rings. The fourth-order valence-electron chi connectivity index (χ4n) is 2.34. The van der Waals surface area contributed by atoms with Gasteiger partial charge in [-0.25, -0.2) is 4.39 Å². The first-order chi connectivity index (χ1) is 10.1. The molecule has 1 unspecified atom stereocenters. The highest BCUT2D eigenvalue weighted by atomic mass is 35.5. The van der Waals surface area contributed by atoms with Gasteiger partial charge in [0, 0.05) is 11.6 Å². The van der Waals surface area contributed by atoms with Crippen molar-refractivity contribution < 1.29 is 13.9 Å². The fourth-order valence-corrected chi connectivity index (χ4v) is 2.72. The van der Waals surface area contributed by atoms with E-state index in [1.165, 1.54) is 20.3 Å². The Morgan fingerprint density at radius 3 is 2.29 bits per heavy atom. The van der Waals surface area contributed by atoms with E-state index in [-0.39, 0.29) is 0 Å². The fraction of sp³-hybridized carbons (Fsp3) is 0.294. The average Bonchev–Trinajstić information content (AvgIpc) is 2.53. The third-order valence-electron chi connectivity index (χ3n) is 3.48. The zero-order chi connectivity index (χ0) is 15.4. The van der Waals surface area contributed by atoms with E-state index in [4.69, 9.17) is 21.1 Å². The Kier molecular flexibility index (Phi) is 5.07. The summed E-state index contributed by atoms with van der Waals surface area (Å²) < 4.78 is 24.6. The van der Waals surface area contributed by atoms with Crippen molar-refractivity contribution in [3.05, 3.63) is 58.9 Å². The Labute approximate surface area is 129 Å². The summed E-state index contributed by atoms with van der Waals surface area (Å²) in [5.41, 5.74) is 2.40. The molecule has 2 aromatic rings. The maximum Gasteiger partial charge on any atom is 0.163 e. The van der Waals surface area contributed by atoms with Crippen molar-refractivity contribution >= 4 is 11.6 Å². The normalized spacial score (nSPS) is 12.0. The molecule has 0 amide bonds. The quantitative estimate of drug-likeness (QED) is 0.743. The molecule has 0 N–H and O–H groups in total. The van der Waals surface area contributed by atoms with Gasteiger partial charge in [0.2, 0.25) is 0 Å². The molecule has 0 radical (unpaired) electrons. The largest absolute Gasteiger partial charge is 0.493 e. The number of hydrogen-bond acceptors (Lipinski definition) is 2. The van der Waals surface area contributed by atoms with Crippen molar-refractivity contribution in [3.63, 3.8) is 0 Å². The molecule has 2 nitrogen and oxygen atoms in total. The van der Waals surface area contributed by atoms with Crippen LogP contribution in [0.1, 0.15) is 29.0 Å². The molecule has 0 saturated carbocycles. The Balaban J connectivity index is 2.50. The van der Waals surface area contributed by atoms with Gasteiger partial charge in [0.1, 0.15) is 5.82 Å². The van der Waals surface area contributed by atoms with Crippen molar-refractivity contribution in [2.45, 2.75) is 18.7 Å². The second-order valence-electron chi connectivity index (χ2n) is 4.64. The molecule has 4 heteroatoms. The standard InChI is InChI=1S/C17H18ClFO2/c1-4-11-7-5-6-8-12(11)17(18)13-9-15(20-2)16(21-3)10-14(13)19/h5-10,17H,4H2,1-3H3. The van der Waals surface area contributed by atoms with Crippen LogP contribution in [0.3, 0.4) is 0 Å². The summed E-state index contributed by atoms with van der Waals surface area (Å²) in [6.07, 6.45) is 0.842. The summed E-state index contributed by atoms with van der Waals surface area (Å²) in [4.78, 5) is 0. The third kappa shape index (κ3) is 3.13. The molecule has 21 heavy (non-hydrogen) atoms. The first-order valence-electron chi connectivity index (χ1n) is 6.75. The highest BCUT2D eigenvalue weighted by Crippen LogP contribution is 2.38. The summed E-state index contributed by atoms with van der Waals surface area (Å²) in [5, 5.41) is -0.569. The SMILES string of the molecule is CCc1ccccc1C(Cl)c1cc(OC)c(OC)cc1F. The first kappa shape index (κ1) is 15.6. The molecule has 0 bridgehead atoms. The van der Waals surface area contributed by atoms with Crippen LogP contribution in [-0.2, 0) is 6.42 Å². The van der Waals surface area contributed by atoms with Crippen molar-refractivity contribution in [2.75, 3.05) is 14.2 Å². The summed E-state index contributed by atoms with van der Waals surface area (Å²) in [6.45, 7) is 2.05. The van der Waals surface area contributed by atoms with Crippen LogP contribution >= 0.6 is 11.6 Å². The topological polar surface area (TPSA) is 18.5 Å². The molecule has 0 aliphatic carbocycles. The van der Waals surface area contributed by atoms with Gasteiger partial charge in [-0.1, -0.05) is 31.2 Å². The van der Waals surface area contributed by atoms with Crippen LogP contribution < -0.4 is 9.47 Å². The molecule has 112 valence electrons. The Morgan fingerprint density at radius 2 is 1.67 bits per heavy atom. The number of halogens is 2. The Bertz CT molecular complexity index is 628. The predicted molar refractivity (Wildman–Crippen MR) is 83.0 cm³/mol. The maximum atomic E-state index is 14.3. The van der Waals surface area contributed by atoms with E-state index in [9.17, 15) is 4.39 Å². The summed E-state index contributed by atoms with van der Waals surface area (Å²) in [6, 6.07) is 10.7. The van der Waals surface area contributed by atoms with E-state index < -0.39 is 11.2 Å². The van der Waals surface area contributed by atoms with Gasteiger partial charge in [-0.05, 0) is 23.6 Å². The zero-order valence-electron chi connectivity index (χ0n) is 12.3. The number of benzene rings is 2. The molecular weight excluding hydrogens is 291 g/mol. The van der Waals surface area contributed by atoms with Gasteiger partial charge in [-0.2, -0.15) is 0 Å². The number of hydrogen-bond donors (Lipinski definition) is 0. The van der Waals surface area contributed by atoms with Gasteiger partial charge in [0.25, 0.3) is 0 Å². The molecule has 0 heterocycles. The molecule has 0 aromatic heterocycles. The van der Waals surface area contributed by atoms with Gasteiger partial charge >= 0.3 is 0 Å². The minimum atomic E-state index is -0.569. The lowest BCUT2D eigenvalue weighted by Crippen LogP contribution is -2.02.